The van der Waals surface area contributed by atoms with Gasteiger partial charge in [0.2, 0.25) is 0 Å². The molecular weight excluding hydrogens is 240 g/mol. The Labute approximate surface area is 108 Å². The van der Waals surface area contributed by atoms with Crippen LogP contribution in [-0.4, -0.2) is 37.0 Å². The standard InChI is InChI=1S/C12H18N2O2.ClH/c1-9-11(5-8-16-9)12(15)14-6-3-10(13-2)4-7-14;/h5,8,10,13H,3-4,6-7H2,1-2H3;1H. The normalized spacial score (nSPS) is 16.7. The van der Waals surface area contributed by atoms with Gasteiger partial charge in [0.15, 0.2) is 0 Å². The summed E-state index contributed by atoms with van der Waals surface area (Å²) in [6.07, 6.45) is 3.63. The van der Waals surface area contributed by atoms with Gasteiger partial charge in [0.25, 0.3) is 5.91 Å². The molecule has 0 aliphatic carbocycles. The van der Waals surface area contributed by atoms with Crippen LogP contribution in [0.1, 0.15) is 29.0 Å². The molecule has 1 aromatic rings. The van der Waals surface area contributed by atoms with Crippen molar-refractivity contribution in [2.75, 3.05) is 20.1 Å². The van der Waals surface area contributed by atoms with Crippen LogP contribution in [0.2, 0.25) is 0 Å². The fourth-order valence-corrected chi connectivity index (χ4v) is 2.15. The summed E-state index contributed by atoms with van der Waals surface area (Å²) < 4.78 is 5.16. The molecule has 17 heavy (non-hydrogen) atoms. The van der Waals surface area contributed by atoms with E-state index in [0.717, 1.165) is 25.9 Å². The zero-order valence-electron chi connectivity index (χ0n) is 10.2. The molecule has 2 heterocycles. The highest BCUT2D eigenvalue weighted by Gasteiger charge is 2.24. The van der Waals surface area contributed by atoms with Crippen molar-refractivity contribution in [1.82, 2.24) is 10.2 Å². The lowest BCUT2D eigenvalue weighted by Gasteiger charge is -2.31. The zero-order chi connectivity index (χ0) is 11.5. The van der Waals surface area contributed by atoms with E-state index in [0.29, 0.717) is 17.4 Å². The molecule has 0 saturated carbocycles. The Balaban J connectivity index is 0.00000144. The van der Waals surface area contributed by atoms with E-state index in [4.69, 9.17) is 4.42 Å². The topological polar surface area (TPSA) is 45.5 Å². The number of carbonyl (C=O) groups excluding carboxylic acids is 1. The van der Waals surface area contributed by atoms with Crippen molar-refractivity contribution >= 4 is 18.3 Å². The van der Waals surface area contributed by atoms with Crippen molar-refractivity contribution in [2.24, 2.45) is 0 Å². The second kappa shape index (κ2) is 6.07. The summed E-state index contributed by atoms with van der Waals surface area (Å²) in [4.78, 5) is 14.0. The van der Waals surface area contributed by atoms with Crippen molar-refractivity contribution in [3.8, 4) is 0 Å². The highest BCUT2D eigenvalue weighted by Crippen LogP contribution is 2.16. The summed E-state index contributed by atoms with van der Waals surface area (Å²) in [7, 11) is 1.97. The molecule has 1 aromatic heterocycles. The lowest BCUT2D eigenvalue weighted by Crippen LogP contribution is -2.44. The monoisotopic (exact) mass is 258 g/mol. The number of nitrogens with one attached hydrogen (secondary N) is 1. The van der Waals surface area contributed by atoms with E-state index in [1.165, 1.54) is 0 Å². The van der Waals surface area contributed by atoms with E-state index < -0.39 is 0 Å². The quantitative estimate of drug-likeness (QED) is 0.880. The average molecular weight is 259 g/mol. The first-order chi connectivity index (χ1) is 7.72. The number of aryl methyl sites for hydroxylation is 1. The van der Waals surface area contributed by atoms with Crippen molar-refractivity contribution in [3.05, 3.63) is 23.7 Å². The van der Waals surface area contributed by atoms with Gasteiger partial charge in [0.05, 0.1) is 11.8 Å². The Morgan fingerprint density at radius 2 is 2.12 bits per heavy atom. The van der Waals surface area contributed by atoms with Gasteiger partial charge in [0.1, 0.15) is 5.76 Å². The Morgan fingerprint density at radius 1 is 1.47 bits per heavy atom. The molecule has 0 bridgehead atoms. The van der Waals surface area contributed by atoms with E-state index >= 15 is 0 Å². The first kappa shape index (κ1) is 14.1. The molecule has 1 aliphatic heterocycles. The van der Waals surface area contributed by atoms with Gasteiger partial charge < -0.3 is 14.6 Å². The fraction of sp³-hybridized carbons (Fsp3) is 0.583. The Bertz CT molecular complexity index is 370. The maximum absolute atomic E-state index is 12.1. The van der Waals surface area contributed by atoms with E-state index in [9.17, 15) is 4.79 Å². The van der Waals surface area contributed by atoms with Crippen LogP contribution in [0, 0.1) is 6.92 Å². The number of likely N-dealkylation sites (tertiary alicyclic amines) is 1. The summed E-state index contributed by atoms with van der Waals surface area (Å²) in [6, 6.07) is 2.30. The minimum atomic E-state index is 0. The van der Waals surface area contributed by atoms with Crippen LogP contribution in [0.15, 0.2) is 16.7 Å². The Morgan fingerprint density at radius 3 is 2.59 bits per heavy atom. The highest BCUT2D eigenvalue weighted by molar-refractivity contribution is 5.95. The number of piperidine rings is 1. The summed E-state index contributed by atoms with van der Waals surface area (Å²) in [5, 5.41) is 3.25. The van der Waals surface area contributed by atoms with Crippen molar-refractivity contribution in [1.29, 1.82) is 0 Å². The third-order valence-electron chi connectivity index (χ3n) is 3.28. The molecule has 1 saturated heterocycles. The molecule has 4 nitrogen and oxygen atoms in total. The molecule has 0 aromatic carbocycles. The molecule has 0 atom stereocenters. The van der Waals surface area contributed by atoms with Crippen LogP contribution >= 0.6 is 12.4 Å². The predicted octanol–water partition coefficient (Wildman–Crippen LogP) is 1.83. The van der Waals surface area contributed by atoms with Gasteiger partial charge in [-0.15, -0.1) is 12.4 Å². The fourth-order valence-electron chi connectivity index (χ4n) is 2.15. The molecule has 1 amide bonds. The first-order valence-corrected chi connectivity index (χ1v) is 5.73. The zero-order valence-corrected chi connectivity index (χ0v) is 11.0. The first-order valence-electron chi connectivity index (χ1n) is 5.73. The number of hydrogen-bond donors (Lipinski definition) is 1. The van der Waals surface area contributed by atoms with Crippen molar-refractivity contribution in [2.45, 2.75) is 25.8 Å². The molecule has 0 radical (unpaired) electrons. The van der Waals surface area contributed by atoms with E-state index in [-0.39, 0.29) is 18.3 Å². The third-order valence-corrected chi connectivity index (χ3v) is 3.28. The predicted molar refractivity (Wildman–Crippen MR) is 68.7 cm³/mol. The Hall–Kier alpha value is -1.00. The highest BCUT2D eigenvalue weighted by atomic mass is 35.5. The molecule has 5 heteroatoms. The van der Waals surface area contributed by atoms with Crippen molar-refractivity contribution < 1.29 is 9.21 Å². The summed E-state index contributed by atoms with van der Waals surface area (Å²) in [6.45, 7) is 3.48. The Kier molecular flexibility index (Phi) is 5.02. The molecule has 1 aliphatic rings. The molecule has 1 N–H and O–H groups in total. The number of hydrogen-bond acceptors (Lipinski definition) is 3. The maximum atomic E-state index is 12.1. The van der Waals surface area contributed by atoms with Crippen LogP contribution in [0.3, 0.4) is 0 Å². The van der Waals surface area contributed by atoms with Gasteiger partial charge >= 0.3 is 0 Å². The smallest absolute Gasteiger partial charge is 0.257 e. The molecule has 1 fully saturated rings. The van der Waals surface area contributed by atoms with E-state index in [1.807, 2.05) is 18.9 Å². The van der Waals surface area contributed by atoms with E-state index in [2.05, 4.69) is 5.32 Å². The largest absolute Gasteiger partial charge is 0.469 e. The van der Waals surface area contributed by atoms with Crippen LogP contribution in [0.5, 0.6) is 0 Å². The minimum Gasteiger partial charge on any atom is -0.469 e. The molecule has 2 rings (SSSR count). The van der Waals surface area contributed by atoms with Crippen LogP contribution in [-0.2, 0) is 0 Å². The summed E-state index contributed by atoms with van der Waals surface area (Å²) in [5.74, 6) is 0.807. The minimum absolute atomic E-state index is 0. The number of nitrogens with zero attached hydrogens (tertiary/aromatic N) is 1. The molecular formula is C12H19ClN2O2. The van der Waals surface area contributed by atoms with Crippen LogP contribution in [0.25, 0.3) is 0 Å². The second-order valence-corrected chi connectivity index (χ2v) is 4.25. The van der Waals surface area contributed by atoms with Crippen LogP contribution in [0.4, 0.5) is 0 Å². The van der Waals surface area contributed by atoms with Crippen LogP contribution < -0.4 is 5.32 Å². The SMILES string of the molecule is CNC1CCN(C(=O)c2ccoc2C)CC1.Cl. The second-order valence-electron chi connectivity index (χ2n) is 4.25. The van der Waals surface area contributed by atoms with Gasteiger partial charge in [0, 0.05) is 19.1 Å². The number of rotatable bonds is 2. The third kappa shape index (κ3) is 3.01. The molecule has 0 spiro atoms. The van der Waals surface area contributed by atoms with E-state index in [1.54, 1.807) is 12.3 Å². The number of halogens is 1. The van der Waals surface area contributed by atoms with Gasteiger partial charge in [-0.05, 0) is 32.9 Å². The number of amides is 1. The molecule has 96 valence electrons. The average Bonchev–Trinajstić information content (AvgIpc) is 2.75. The maximum Gasteiger partial charge on any atom is 0.257 e. The number of carbonyl (C=O) groups is 1. The van der Waals surface area contributed by atoms with Crippen molar-refractivity contribution in [3.63, 3.8) is 0 Å². The van der Waals surface area contributed by atoms with Gasteiger partial charge in [-0.2, -0.15) is 0 Å². The summed E-state index contributed by atoms with van der Waals surface area (Å²) >= 11 is 0. The molecule has 0 unspecified atom stereocenters. The van der Waals surface area contributed by atoms with Gasteiger partial charge in [-0.1, -0.05) is 0 Å². The van der Waals surface area contributed by atoms with Gasteiger partial charge in [-0.25, -0.2) is 0 Å². The summed E-state index contributed by atoms with van der Waals surface area (Å²) in [5.41, 5.74) is 0.697. The lowest BCUT2D eigenvalue weighted by molar-refractivity contribution is 0.0705. The van der Waals surface area contributed by atoms with Gasteiger partial charge in [-0.3, -0.25) is 4.79 Å². The number of furan rings is 1. The lowest BCUT2D eigenvalue weighted by atomic mass is 10.0.